The molecule has 1 atom stereocenters. The molecule has 6 nitrogen and oxygen atoms in total. The third-order valence-corrected chi connectivity index (χ3v) is 4.37. The molecule has 0 aliphatic rings. The zero-order chi connectivity index (χ0) is 16.8. The van der Waals surface area contributed by atoms with Crippen LogP contribution in [0.15, 0.2) is 53.1 Å². The summed E-state index contributed by atoms with van der Waals surface area (Å²) in [5.41, 5.74) is 6.71. The second kappa shape index (κ2) is 7.74. The molecule has 1 amide bonds. The lowest BCUT2D eigenvalue weighted by molar-refractivity contribution is -0.121. The van der Waals surface area contributed by atoms with Crippen LogP contribution in [-0.2, 0) is 17.8 Å². The molecule has 7 heteroatoms. The second-order valence-electron chi connectivity index (χ2n) is 5.42. The Morgan fingerprint density at radius 3 is 2.71 bits per heavy atom. The summed E-state index contributed by atoms with van der Waals surface area (Å²) in [5, 5.41) is 11.6. The van der Waals surface area contributed by atoms with Gasteiger partial charge in [-0.25, -0.2) is 0 Å². The summed E-state index contributed by atoms with van der Waals surface area (Å²) in [5.74, 6) is 0.747. The Labute approximate surface area is 143 Å². The third kappa shape index (κ3) is 4.42. The van der Waals surface area contributed by atoms with Crippen molar-refractivity contribution in [1.82, 2.24) is 15.5 Å². The van der Waals surface area contributed by atoms with Gasteiger partial charge in [0.2, 0.25) is 11.0 Å². The standard InChI is InChI=1S/C17H18N4O2S/c18-17-21-20-16(24-17)11-19-15(22)10-13(14-7-4-8-23-14)9-12-5-2-1-3-6-12/h1-8,13H,9-11H2,(H2,18,21)(H,19,22)/t13-/m1/s1. The Morgan fingerprint density at radius 2 is 2.04 bits per heavy atom. The minimum Gasteiger partial charge on any atom is -0.469 e. The van der Waals surface area contributed by atoms with Gasteiger partial charge in [-0.2, -0.15) is 0 Å². The van der Waals surface area contributed by atoms with Gasteiger partial charge >= 0.3 is 0 Å². The van der Waals surface area contributed by atoms with Crippen LogP contribution in [0.2, 0.25) is 0 Å². The van der Waals surface area contributed by atoms with Crippen molar-refractivity contribution in [2.24, 2.45) is 0 Å². The first kappa shape index (κ1) is 16.2. The minimum absolute atomic E-state index is 0.0121. The van der Waals surface area contributed by atoms with Gasteiger partial charge in [-0.05, 0) is 24.1 Å². The number of nitrogen functional groups attached to an aromatic ring is 1. The Hall–Kier alpha value is -2.67. The number of carbonyl (C=O) groups is 1. The van der Waals surface area contributed by atoms with Crippen molar-refractivity contribution in [2.45, 2.75) is 25.3 Å². The van der Waals surface area contributed by atoms with Crippen molar-refractivity contribution in [1.29, 1.82) is 0 Å². The number of nitrogens with one attached hydrogen (secondary N) is 1. The summed E-state index contributed by atoms with van der Waals surface area (Å²) >= 11 is 1.27. The lowest BCUT2D eigenvalue weighted by atomic mass is 9.93. The molecule has 0 saturated heterocycles. The molecule has 3 rings (SSSR count). The van der Waals surface area contributed by atoms with Crippen molar-refractivity contribution in [3.05, 3.63) is 65.1 Å². The van der Waals surface area contributed by atoms with Crippen LogP contribution in [-0.4, -0.2) is 16.1 Å². The number of rotatable bonds is 7. The number of hydrogen-bond acceptors (Lipinski definition) is 6. The first-order valence-electron chi connectivity index (χ1n) is 7.62. The zero-order valence-corrected chi connectivity index (χ0v) is 13.8. The van der Waals surface area contributed by atoms with Crippen molar-refractivity contribution in [3.8, 4) is 0 Å². The maximum Gasteiger partial charge on any atom is 0.221 e. The van der Waals surface area contributed by atoms with Crippen LogP contribution in [0.3, 0.4) is 0 Å². The number of carbonyl (C=O) groups excluding carboxylic acids is 1. The summed E-state index contributed by atoms with van der Waals surface area (Å²) in [7, 11) is 0. The minimum atomic E-state index is -0.0545. The molecule has 0 fully saturated rings. The normalized spacial score (nSPS) is 12.0. The Bertz CT molecular complexity index is 771. The molecule has 1 aromatic carbocycles. The molecule has 24 heavy (non-hydrogen) atoms. The average molecular weight is 342 g/mol. The fourth-order valence-corrected chi connectivity index (χ4v) is 3.05. The van der Waals surface area contributed by atoms with E-state index < -0.39 is 0 Å². The quantitative estimate of drug-likeness (QED) is 0.688. The smallest absolute Gasteiger partial charge is 0.221 e. The van der Waals surface area contributed by atoms with Gasteiger partial charge in [-0.1, -0.05) is 41.7 Å². The van der Waals surface area contributed by atoms with Crippen molar-refractivity contribution >= 4 is 22.4 Å². The molecule has 0 spiro atoms. The SMILES string of the molecule is Nc1nnc(CNC(=O)C[C@@H](Cc2ccccc2)c2ccco2)s1. The molecular weight excluding hydrogens is 324 g/mol. The highest BCUT2D eigenvalue weighted by Crippen LogP contribution is 2.25. The van der Waals surface area contributed by atoms with E-state index in [4.69, 9.17) is 10.2 Å². The number of amides is 1. The molecule has 124 valence electrons. The predicted octanol–water partition coefficient (Wildman–Crippen LogP) is 2.75. The van der Waals surface area contributed by atoms with Gasteiger partial charge in [0, 0.05) is 12.3 Å². The molecule has 0 unspecified atom stereocenters. The zero-order valence-electron chi connectivity index (χ0n) is 13.0. The highest BCUT2D eigenvalue weighted by molar-refractivity contribution is 7.15. The molecular formula is C17H18N4O2S. The molecule has 2 heterocycles. The molecule has 0 aliphatic heterocycles. The van der Waals surface area contributed by atoms with E-state index >= 15 is 0 Å². The first-order chi connectivity index (χ1) is 11.7. The molecule has 3 aromatic rings. The molecule has 0 bridgehead atoms. The summed E-state index contributed by atoms with van der Waals surface area (Å²) in [6.45, 7) is 0.337. The van der Waals surface area contributed by atoms with Gasteiger partial charge in [0.25, 0.3) is 0 Å². The van der Waals surface area contributed by atoms with Gasteiger partial charge in [0.15, 0.2) is 0 Å². The largest absolute Gasteiger partial charge is 0.469 e. The number of hydrogen-bond donors (Lipinski definition) is 2. The van der Waals surface area contributed by atoms with Crippen LogP contribution < -0.4 is 11.1 Å². The summed E-state index contributed by atoms with van der Waals surface area (Å²) in [4.78, 5) is 12.3. The molecule has 0 radical (unpaired) electrons. The Morgan fingerprint density at radius 1 is 1.21 bits per heavy atom. The second-order valence-corrected chi connectivity index (χ2v) is 6.51. The van der Waals surface area contributed by atoms with E-state index in [0.29, 0.717) is 23.1 Å². The molecule has 3 N–H and O–H groups in total. The fraction of sp³-hybridized carbons (Fsp3) is 0.235. The van der Waals surface area contributed by atoms with Gasteiger partial charge in [0.05, 0.1) is 12.8 Å². The van der Waals surface area contributed by atoms with Crippen molar-refractivity contribution < 1.29 is 9.21 Å². The van der Waals surface area contributed by atoms with Gasteiger partial charge in [-0.15, -0.1) is 10.2 Å². The highest BCUT2D eigenvalue weighted by atomic mass is 32.1. The van der Waals surface area contributed by atoms with Crippen LogP contribution in [0.25, 0.3) is 0 Å². The van der Waals surface area contributed by atoms with E-state index in [1.807, 2.05) is 30.3 Å². The first-order valence-corrected chi connectivity index (χ1v) is 8.44. The van der Waals surface area contributed by atoms with Crippen molar-refractivity contribution in [2.75, 3.05) is 5.73 Å². The topological polar surface area (TPSA) is 94.0 Å². The maximum atomic E-state index is 12.3. The van der Waals surface area contributed by atoms with Gasteiger partial charge in [0.1, 0.15) is 10.8 Å². The lowest BCUT2D eigenvalue weighted by Gasteiger charge is -2.14. The van der Waals surface area contributed by atoms with Crippen LogP contribution in [0.4, 0.5) is 5.13 Å². The van der Waals surface area contributed by atoms with Crippen LogP contribution in [0.1, 0.15) is 28.7 Å². The van der Waals surface area contributed by atoms with Gasteiger partial charge in [-0.3, -0.25) is 4.79 Å². The number of aromatic nitrogens is 2. The number of nitrogens with zero attached hydrogens (tertiary/aromatic N) is 2. The molecule has 0 aliphatic carbocycles. The Kier molecular flexibility index (Phi) is 5.22. The van der Waals surface area contributed by atoms with Crippen molar-refractivity contribution in [3.63, 3.8) is 0 Å². The third-order valence-electron chi connectivity index (χ3n) is 3.62. The van der Waals surface area contributed by atoms with E-state index in [-0.39, 0.29) is 11.8 Å². The fourth-order valence-electron chi connectivity index (χ4n) is 2.50. The van der Waals surface area contributed by atoms with E-state index in [2.05, 4.69) is 27.6 Å². The summed E-state index contributed by atoms with van der Waals surface area (Å²) in [6, 6.07) is 13.8. The number of benzene rings is 1. The van der Waals surface area contributed by atoms with Crippen LogP contribution >= 0.6 is 11.3 Å². The highest BCUT2D eigenvalue weighted by Gasteiger charge is 2.19. The van der Waals surface area contributed by atoms with E-state index in [1.54, 1.807) is 6.26 Å². The van der Waals surface area contributed by atoms with E-state index in [9.17, 15) is 4.79 Å². The average Bonchev–Trinajstić information content (AvgIpc) is 3.25. The van der Waals surface area contributed by atoms with Crippen LogP contribution in [0.5, 0.6) is 0 Å². The van der Waals surface area contributed by atoms with Crippen LogP contribution in [0, 0.1) is 0 Å². The number of furan rings is 1. The summed E-state index contributed by atoms with van der Waals surface area (Å²) in [6.07, 6.45) is 2.72. The monoisotopic (exact) mass is 342 g/mol. The lowest BCUT2D eigenvalue weighted by Crippen LogP contribution is -2.25. The molecule has 0 saturated carbocycles. The summed E-state index contributed by atoms with van der Waals surface area (Å²) < 4.78 is 5.52. The maximum absolute atomic E-state index is 12.3. The van der Waals surface area contributed by atoms with E-state index in [1.165, 1.54) is 16.9 Å². The number of anilines is 1. The Balaban J connectivity index is 1.62. The predicted molar refractivity (Wildman–Crippen MR) is 92.4 cm³/mol. The van der Waals surface area contributed by atoms with Gasteiger partial charge < -0.3 is 15.5 Å². The number of nitrogens with two attached hydrogens (primary N) is 1. The molecule has 2 aromatic heterocycles. The van der Waals surface area contributed by atoms with E-state index in [0.717, 1.165) is 12.2 Å².